The molecule has 1 N–H and O–H groups in total. The molecule has 0 aliphatic heterocycles. The van der Waals surface area contributed by atoms with Gasteiger partial charge >= 0.3 is 0 Å². The summed E-state index contributed by atoms with van der Waals surface area (Å²) in [6.45, 7) is 2.25. The van der Waals surface area contributed by atoms with E-state index < -0.39 is 5.82 Å². The van der Waals surface area contributed by atoms with Crippen LogP contribution < -0.4 is 5.32 Å². The van der Waals surface area contributed by atoms with Gasteiger partial charge in [-0.15, -0.1) is 0 Å². The quantitative estimate of drug-likeness (QED) is 0.807. The second-order valence-electron chi connectivity index (χ2n) is 5.39. The zero-order valence-electron chi connectivity index (χ0n) is 11.1. The highest BCUT2D eigenvalue weighted by atomic mass is 79.9. The standard InChI is InChI=1S/C15H19BrFNO/c1-10-4-2-5-11(9-8-10)18-15(19)12-6-3-7-13(16)14(12)17/h3,6-7,10-11H,2,4-5,8-9H2,1H3,(H,18,19). The summed E-state index contributed by atoms with van der Waals surface area (Å²) < 4.78 is 14.2. The first-order chi connectivity index (χ1) is 9.08. The highest BCUT2D eigenvalue weighted by Crippen LogP contribution is 2.23. The van der Waals surface area contributed by atoms with Crippen LogP contribution in [0.15, 0.2) is 22.7 Å². The lowest BCUT2D eigenvalue weighted by atomic mass is 10.0. The van der Waals surface area contributed by atoms with Crippen molar-refractivity contribution in [1.82, 2.24) is 5.32 Å². The Hall–Kier alpha value is -0.900. The van der Waals surface area contributed by atoms with E-state index in [1.165, 1.54) is 12.5 Å². The monoisotopic (exact) mass is 327 g/mol. The van der Waals surface area contributed by atoms with Gasteiger partial charge in [-0.05, 0) is 53.2 Å². The SMILES string of the molecule is CC1CCCC(NC(=O)c2cccc(Br)c2F)CC1. The van der Waals surface area contributed by atoms with Gasteiger partial charge in [-0.25, -0.2) is 4.39 Å². The lowest BCUT2D eigenvalue weighted by Gasteiger charge is -2.16. The third-order valence-electron chi connectivity index (χ3n) is 3.79. The number of rotatable bonds is 2. The van der Waals surface area contributed by atoms with E-state index in [4.69, 9.17) is 0 Å². The van der Waals surface area contributed by atoms with E-state index in [1.807, 2.05) is 0 Å². The van der Waals surface area contributed by atoms with Crippen molar-refractivity contribution in [3.63, 3.8) is 0 Å². The number of halogens is 2. The van der Waals surface area contributed by atoms with Gasteiger partial charge in [0.15, 0.2) is 0 Å². The zero-order chi connectivity index (χ0) is 13.8. The highest BCUT2D eigenvalue weighted by Gasteiger charge is 2.20. The third-order valence-corrected chi connectivity index (χ3v) is 4.40. The Kier molecular flexibility index (Phi) is 4.97. The second kappa shape index (κ2) is 6.51. The number of amides is 1. The van der Waals surface area contributed by atoms with Crippen molar-refractivity contribution < 1.29 is 9.18 Å². The predicted octanol–water partition coefficient (Wildman–Crippen LogP) is 4.29. The molecule has 1 aromatic carbocycles. The number of hydrogen-bond acceptors (Lipinski definition) is 1. The summed E-state index contributed by atoms with van der Waals surface area (Å²) in [5, 5.41) is 2.96. The lowest BCUT2D eigenvalue weighted by Crippen LogP contribution is -2.35. The fraction of sp³-hybridized carbons (Fsp3) is 0.533. The molecule has 1 amide bonds. The smallest absolute Gasteiger partial charge is 0.254 e. The van der Waals surface area contributed by atoms with E-state index in [1.54, 1.807) is 12.1 Å². The number of benzene rings is 1. The van der Waals surface area contributed by atoms with Gasteiger partial charge in [-0.1, -0.05) is 25.8 Å². The lowest BCUT2D eigenvalue weighted by molar-refractivity contribution is 0.0929. The van der Waals surface area contributed by atoms with Crippen LogP contribution in [0, 0.1) is 11.7 Å². The Bertz CT molecular complexity index is 463. The summed E-state index contributed by atoms with van der Waals surface area (Å²) in [5.74, 6) is -0.0650. The molecule has 1 aliphatic carbocycles. The summed E-state index contributed by atoms with van der Waals surface area (Å²) in [4.78, 5) is 12.1. The van der Waals surface area contributed by atoms with Crippen molar-refractivity contribution in [2.75, 3.05) is 0 Å². The topological polar surface area (TPSA) is 29.1 Å². The molecule has 2 rings (SSSR count). The van der Waals surface area contributed by atoms with Gasteiger partial charge in [0.1, 0.15) is 5.82 Å². The fourth-order valence-electron chi connectivity index (χ4n) is 2.57. The normalized spacial score (nSPS) is 23.7. The number of hydrogen-bond donors (Lipinski definition) is 1. The Morgan fingerprint density at radius 2 is 2.11 bits per heavy atom. The van der Waals surface area contributed by atoms with Crippen LogP contribution in [0.1, 0.15) is 49.4 Å². The van der Waals surface area contributed by atoms with Crippen molar-refractivity contribution in [1.29, 1.82) is 0 Å². The van der Waals surface area contributed by atoms with Crippen LogP contribution in [0.3, 0.4) is 0 Å². The van der Waals surface area contributed by atoms with E-state index in [-0.39, 0.29) is 17.5 Å². The molecule has 0 saturated heterocycles. The summed E-state index contributed by atoms with van der Waals surface area (Å²) in [6, 6.07) is 4.97. The molecule has 104 valence electrons. The molecule has 1 fully saturated rings. The molecule has 4 heteroatoms. The summed E-state index contributed by atoms with van der Waals surface area (Å²) >= 11 is 3.10. The number of nitrogens with one attached hydrogen (secondary N) is 1. The average Bonchev–Trinajstić information content (AvgIpc) is 2.58. The van der Waals surface area contributed by atoms with Gasteiger partial charge in [0, 0.05) is 6.04 Å². The van der Waals surface area contributed by atoms with Crippen molar-refractivity contribution in [3.8, 4) is 0 Å². The van der Waals surface area contributed by atoms with Crippen molar-refractivity contribution in [3.05, 3.63) is 34.1 Å². The molecule has 1 saturated carbocycles. The molecule has 2 nitrogen and oxygen atoms in total. The maximum absolute atomic E-state index is 13.8. The van der Waals surface area contributed by atoms with Gasteiger partial charge in [-0.3, -0.25) is 4.79 Å². The van der Waals surface area contributed by atoms with Crippen LogP contribution in [0.2, 0.25) is 0 Å². The molecule has 2 atom stereocenters. The molecule has 0 heterocycles. The average molecular weight is 328 g/mol. The van der Waals surface area contributed by atoms with E-state index in [2.05, 4.69) is 28.2 Å². The molecule has 0 radical (unpaired) electrons. The van der Waals surface area contributed by atoms with Gasteiger partial charge in [0.2, 0.25) is 0 Å². The first kappa shape index (κ1) is 14.5. The van der Waals surface area contributed by atoms with Gasteiger partial charge in [0.05, 0.1) is 10.0 Å². The third kappa shape index (κ3) is 3.78. The second-order valence-corrected chi connectivity index (χ2v) is 6.24. The van der Waals surface area contributed by atoms with Crippen molar-refractivity contribution in [2.24, 2.45) is 5.92 Å². The Morgan fingerprint density at radius 3 is 2.89 bits per heavy atom. The first-order valence-electron chi connectivity index (χ1n) is 6.83. The minimum atomic E-state index is -0.484. The molecule has 0 bridgehead atoms. The van der Waals surface area contributed by atoms with Crippen LogP contribution in [-0.4, -0.2) is 11.9 Å². The molecule has 2 unspecified atom stereocenters. The van der Waals surface area contributed by atoms with Gasteiger partial charge < -0.3 is 5.32 Å². The van der Waals surface area contributed by atoms with Crippen LogP contribution in [0.25, 0.3) is 0 Å². The van der Waals surface area contributed by atoms with Crippen LogP contribution in [0.5, 0.6) is 0 Å². The molecule has 0 spiro atoms. The van der Waals surface area contributed by atoms with Crippen molar-refractivity contribution in [2.45, 2.75) is 45.1 Å². The fourth-order valence-corrected chi connectivity index (χ4v) is 2.94. The maximum Gasteiger partial charge on any atom is 0.254 e. The summed E-state index contributed by atoms with van der Waals surface area (Å²) in [6.07, 6.45) is 5.46. The largest absolute Gasteiger partial charge is 0.349 e. The van der Waals surface area contributed by atoms with Crippen molar-refractivity contribution >= 4 is 21.8 Å². The van der Waals surface area contributed by atoms with E-state index in [0.717, 1.165) is 31.6 Å². The molecule has 19 heavy (non-hydrogen) atoms. The van der Waals surface area contributed by atoms with Gasteiger partial charge in [0.25, 0.3) is 5.91 Å². The summed E-state index contributed by atoms with van der Waals surface area (Å²) in [5.41, 5.74) is 0.117. The van der Waals surface area contributed by atoms with Gasteiger partial charge in [-0.2, -0.15) is 0 Å². The van der Waals surface area contributed by atoms with Crippen LogP contribution in [-0.2, 0) is 0 Å². The van der Waals surface area contributed by atoms with Crippen LogP contribution >= 0.6 is 15.9 Å². The molecule has 1 aromatic rings. The minimum absolute atomic E-state index is 0.117. The highest BCUT2D eigenvalue weighted by molar-refractivity contribution is 9.10. The van der Waals surface area contributed by atoms with E-state index in [0.29, 0.717) is 4.47 Å². The van der Waals surface area contributed by atoms with E-state index >= 15 is 0 Å². The Balaban J connectivity index is 2.02. The molecular formula is C15H19BrFNO. The number of carbonyl (C=O) groups excluding carboxylic acids is 1. The molecule has 0 aromatic heterocycles. The molecular weight excluding hydrogens is 309 g/mol. The van der Waals surface area contributed by atoms with E-state index in [9.17, 15) is 9.18 Å². The predicted molar refractivity (Wildman–Crippen MR) is 77.6 cm³/mol. The zero-order valence-corrected chi connectivity index (χ0v) is 12.7. The molecule has 1 aliphatic rings. The Labute approximate surface area is 121 Å². The first-order valence-corrected chi connectivity index (χ1v) is 7.62. The summed E-state index contributed by atoms with van der Waals surface area (Å²) in [7, 11) is 0. The minimum Gasteiger partial charge on any atom is -0.349 e. The maximum atomic E-state index is 13.8. The number of carbonyl (C=O) groups is 1. The Morgan fingerprint density at radius 1 is 1.32 bits per heavy atom. The van der Waals surface area contributed by atoms with Crippen LogP contribution in [0.4, 0.5) is 4.39 Å².